The van der Waals surface area contributed by atoms with E-state index in [9.17, 15) is 9.59 Å². The van der Waals surface area contributed by atoms with Crippen LogP contribution in [0.3, 0.4) is 0 Å². The summed E-state index contributed by atoms with van der Waals surface area (Å²) in [6.07, 6.45) is 0. The number of nitrogens with one attached hydrogen (secondary N) is 2. The number of carbonyl (C=O) groups excluding carboxylic acids is 2. The SMILES string of the molecule is Cc1cc(NC(=O)C(=O)Nc2ccc(C(C)(C)C)cc2)ccc1Br. The van der Waals surface area contributed by atoms with E-state index in [4.69, 9.17) is 0 Å². The summed E-state index contributed by atoms with van der Waals surface area (Å²) in [6, 6.07) is 12.9. The third-order valence-electron chi connectivity index (χ3n) is 3.63. The number of anilines is 2. The fourth-order valence-corrected chi connectivity index (χ4v) is 2.40. The maximum absolute atomic E-state index is 12.0. The van der Waals surface area contributed by atoms with Gasteiger partial charge in [-0.25, -0.2) is 0 Å². The summed E-state index contributed by atoms with van der Waals surface area (Å²) >= 11 is 3.40. The number of aryl methyl sites for hydroxylation is 1. The Morgan fingerprint density at radius 3 is 1.88 bits per heavy atom. The van der Waals surface area contributed by atoms with Crippen molar-refractivity contribution < 1.29 is 9.59 Å². The smallest absolute Gasteiger partial charge is 0.314 e. The summed E-state index contributed by atoms with van der Waals surface area (Å²) < 4.78 is 0.948. The third kappa shape index (κ3) is 4.68. The molecule has 0 aliphatic heterocycles. The lowest BCUT2D eigenvalue weighted by molar-refractivity contribution is -0.132. The summed E-state index contributed by atoms with van der Waals surface area (Å²) in [4.78, 5) is 24.0. The van der Waals surface area contributed by atoms with E-state index in [2.05, 4.69) is 47.3 Å². The Balaban J connectivity index is 2.01. The Bertz CT molecular complexity index is 762. The number of benzene rings is 2. The maximum atomic E-state index is 12.0. The second kappa shape index (κ2) is 7.18. The lowest BCUT2D eigenvalue weighted by Gasteiger charge is -2.19. The zero-order valence-corrected chi connectivity index (χ0v) is 15.8. The van der Waals surface area contributed by atoms with Gasteiger partial charge in [0.1, 0.15) is 0 Å². The number of rotatable bonds is 2. The van der Waals surface area contributed by atoms with Crippen LogP contribution in [0.2, 0.25) is 0 Å². The molecular weight excluding hydrogens is 368 g/mol. The maximum Gasteiger partial charge on any atom is 0.314 e. The molecule has 24 heavy (non-hydrogen) atoms. The van der Waals surface area contributed by atoms with Crippen molar-refractivity contribution in [2.45, 2.75) is 33.1 Å². The first kappa shape index (κ1) is 18.2. The van der Waals surface area contributed by atoms with Gasteiger partial charge in [-0.15, -0.1) is 0 Å². The summed E-state index contributed by atoms with van der Waals surface area (Å²) in [5, 5.41) is 5.20. The molecule has 0 bridgehead atoms. The van der Waals surface area contributed by atoms with E-state index in [1.165, 1.54) is 0 Å². The molecule has 5 heteroatoms. The highest BCUT2D eigenvalue weighted by Gasteiger charge is 2.16. The molecule has 2 amide bonds. The number of halogens is 1. The van der Waals surface area contributed by atoms with Crippen molar-refractivity contribution in [3.05, 3.63) is 58.1 Å². The molecule has 0 heterocycles. The first-order valence-corrected chi connectivity index (χ1v) is 8.45. The Kier molecular flexibility index (Phi) is 5.44. The quantitative estimate of drug-likeness (QED) is 0.736. The zero-order chi connectivity index (χ0) is 17.9. The van der Waals surface area contributed by atoms with Gasteiger partial charge in [0.25, 0.3) is 0 Å². The number of hydrogen-bond donors (Lipinski definition) is 2. The first-order chi connectivity index (χ1) is 11.2. The second-order valence-electron chi connectivity index (χ2n) is 6.70. The molecule has 0 aliphatic carbocycles. The molecule has 2 aromatic rings. The average Bonchev–Trinajstić information content (AvgIpc) is 2.50. The summed E-state index contributed by atoms with van der Waals surface area (Å²) in [7, 11) is 0. The van der Waals surface area contributed by atoms with Gasteiger partial charge in [-0.3, -0.25) is 9.59 Å². The van der Waals surface area contributed by atoms with Gasteiger partial charge in [-0.2, -0.15) is 0 Å². The van der Waals surface area contributed by atoms with Crippen molar-refractivity contribution in [1.82, 2.24) is 0 Å². The highest BCUT2D eigenvalue weighted by molar-refractivity contribution is 9.10. The molecule has 4 nitrogen and oxygen atoms in total. The Labute approximate surface area is 150 Å². The fraction of sp³-hybridized carbons (Fsp3) is 0.263. The van der Waals surface area contributed by atoms with E-state index in [-0.39, 0.29) is 5.41 Å². The van der Waals surface area contributed by atoms with Crippen LogP contribution in [-0.2, 0) is 15.0 Å². The minimum absolute atomic E-state index is 0.0410. The van der Waals surface area contributed by atoms with Gasteiger partial charge in [0, 0.05) is 15.8 Å². The third-order valence-corrected chi connectivity index (χ3v) is 4.52. The van der Waals surface area contributed by atoms with E-state index < -0.39 is 11.8 Å². The van der Waals surface area contributed by atoms with E-state index in [0.29, 0.717) is 11.4 Å². The minimum Gasteiger partial charge on any atom is -0.318 e. The van der Waals surface area contributed by atoms with Crippen LogP contribution in [0, 0.1) is 6.92 Å². The van der Waals surface area contributed by atoms with Crippen molar-refractivity contribution in [3.8, 4) is 0 Å². The minimum atomic E-state index is -0.698. The van der Waals surface area contributed by atoms with Crippen molar-refractivity contribution >= 4 is 39.1 Å². The topological polar surface area (TPSA) is 58.2 Å². The van der Waals surface area contributed by atoms with E-state index >= 15 is 0 Å². The van der Waals surface area contributed by atoms with Gasteiger partial charge >= 0.3 is 11.8 Å². The van der Waals surface area contributed by atoms with Crippen LogP contribution >= 0.6 is 15.9 Å². The van der Waals surface area contributed by atoms with Crippen LogP contribution in [0.25, 0.3) is 0 Å². The summed E-state index contributed by atoms with van der Waals surface area (Å²) in [5.41, 5.74) is 3.36. The molecule has 0 unspecified atom stereocenters. The van der Waals surface area contributed by atoms with Crippen LogP contribution < -0.4 is 10.6 Å². The van der Waals surface area contributed by atoms with Crippen LogP contribution in [0.5, 0.6) is 0 Å². The highest BCUT2D eigenvalue weighted by atomic mass is 79.9. The molecule has 2 rings (SSSR count). The monoisotopic (exact) mass is 388 g/mol. The normalized spacial score (nSPS) is 11.0. The summed E-state index contributed by atoms with van der Waals surface area (Å²) in [6.45, 7) is 8.27. The molecule has 0 radical (unpaired) electrons. The number of amides is 2. The molecule has 126 valence electrons. The van der Waals surface area contributed by atoms with Gasteiger partial charge in [0.05, 0.1) is 0 Å². The Morgan fingerprint density at radius 2 is 1.38 bits per heavy atom. The van der Waals surface area contributed by atoms with Gasteiger partial charge in [-0.05, 0) is 53.8 Å². The average molecular weight is 389 g/mol. The largest absolute Gasteiger partial charge is 0.318 e. The molecule has 0 saturated heterocycles. The van der Waals surface area contributed by atoms with Gasteiger partial charge in [0.2, 0.25) is 0 Å². The van der Waals surface area contributed by atoms with Gasteiger partial charge < -0.3 is 10.6 Å². The van der Waals surface area contributed by atoms with Gasteiger partial charge in [0.15, 0.2) is 0 Å². The molecule has 0 aliphatic rings. The van der Waals surface area contributed by atoms with Crippen LogP contribution in [0.1, 0.15) is 31.9 Å². The van der Waals surface area contributed by atoms with E-state index in [1.54, 1.807) is 24.3 Å². The number of carbonyl (C=O) groups is 2. The van der Waals surface area contributed by atoms with Crippen molar-refractivity contribution in [3.63, 3.8) is 0 Å². The predicted molar refractivity (Wildman–Crippen MR) is 101 cm³/mol. The molecule has 2 N–H and O–H groups in total. The molecule has 0 atom stereocenters. The fourth-order valence-electron chi connectivity index (χ4n) is 2.15. The molecule has 0 aromatic heterocycles. The molecule has 2 aromatic carbocycles. The first-order valence-electron chi connectivity index (χ1n) is 7.66. The van der Waals surface area contributed by atoms with Crippen molar-refractivity contribution in [2.24, 2.45) is 0 Å². The molecule has 0 saturated carbocycles. The predicted octanol–water partition coefficient (Wildman–Crippen LogP) is 4.63. The van der Waals surface area contributed by atoms with Crippen LogP contribution in [0.15, 0.2) is 46.9 Å². The van der Waals surface area contributed by atoms with Crippen molar-refractivity contribution in [1.29, 1.82) is 0 Å². The molecule has 0 spiro atoms. The zero-order valence-electron chi connectivity index (χ0n) is 14.2. The lowest BCUT2D eigenvalue weighted by Crippen LogP contribution is -2.29. The Hall–Kier alpha value is -2.14. The van der Waals surface area contributed by atoms with E-state index in [0.717, 1.165) is 15.6 Å². The second-order valence-corrected chi connectivity index (χ2v) is 7.55. The Morgan fingerprint density at radius 1 is 0.875 bits per heavy atom. The highest BCUT2D eigenvalue weighted by Crippen LogP contribution is 2.23. The molecule has 0 fully saturated rings. The van der Waals surface area contributed by atoms with Crippen molar-refractivity contribution in [2.75, 3.05) is 10.6 Å². The summed E-state index contributed by atoms with van der Waals surface area (Å²) in [5.74, 6) is -1.39. The standard InChI is InChI=1S/C19H21BrN2O2/c1-12-11-15(9-10-16(12)20)22-18(24)17(23)21-14-7-5-13(6-8-14)19(2,3)4/h5-11H,1-4H3,(H,21,23)(H,22,24). The number of hydrogen-bond acceptors (Lipinski definition) is 2. The van der Waals surface area contributed by atoms with Gasteiger partial charge in [-0.1, -0.05) is 48.8 Å². The van der Waals surface area contributed by atoms with Crippen LogP contribution in [0.4, 0.5) is 11.4 Å². The van der Waals surface area contributed by atoms with Crippen LogP contribution in [-0.4, -0.2) is 11.8 Å². The van der Waals surface area contributed by atoms with E-state index in [1.807, 2.05) is 25.1 Å². The lowest BCUT2D eigenvalue weighted by atomic mass is 9.87. The molecular formula is C19H21BrN2O2.